The fourth-order valence-corrected chi connectivity index (χ4v) is 1.49. The standard InChI is InChI=1S/C9H13.C5H5.Fe/c1-7(2)9-6-4-5-8(9)3;1-2-4-5-3-1;/h4-7H,1-3H3;1-5H;/q2*-1;+2. The third kappa shape index (κ3) is 5.01. The molecule has 0 nitrogen and oxygen atoms in total. The Labute approximate surface area is 104 Å². The molecule has 82 valence electrons. The minimum atomic E-state index is 0. The molecule has 0 unspecified atom stereocenters. The summed E-state index contributed by atoms with van der Waals surface area (Å²) in [7, 11) is 0. The molecule has 0 radical (unpaired) electrons. The summed E-state index contributed by atoms with van der Waals surface area (Å²) < 4.78 is 0. The molecule has 0 aromatic heterocycles. The SMILES string of the molecule is C[c-]1cccc1C(C)C.[Fe+2].c1cc[cH-]c1. The summed E-state index contributed by atoms with van der Waals surface area (Å²) in [5.74, 6) is 0.681. The van der Waals surface area contributed by atoms with E-state index in [1.165, 1.54) is 11.1 Å². The molecule has 0 aliphatic carbocycles. The quantitative estimate of drug-likeness (QED) is 0.518. The monoisotopic (exact) mass is 242 g/mol. The Morgan fingerprint density at radius 2 is 1.73 bits per heavy atom. The molecular weight excluding hydrogens is 224 g/mol. The Hall–Kier alpha value is -0.781. The van der Waals surface area contributed by atoms with Gasteiger partial charge in [-0.05, 0) is 5.92 Å². The van der Waals surface area contributed by atoms with E-state index in [2.05, 4.69) is 39.0 Å². The maximum absolute atomic E-state index is 2.22. The fraction of sp³-hybridized carbons (Fsp3) is 0.286. The van der Waals surface area contributed by atoms with E-state index in [1.54, 1.807) is 0 Å². The molecule has 2 aromatic rings. The first-order chi connectivity index (χ1) is 6.72. The predicted octanol–water partition coefficient (Wildman–Crippen LogP) is 4.24. The van der Waals surface area contributed by atoms with E-state index in [1.807, 2.05) is 30.3 Å². The van der Waals surface area contributed by atoms with Crippen LogP contribution in [0, 0.1) is 6.92 Å². The van der Waals surface area contributed by atoms with Crippen LogP contribution in [-0.2, 0) is 17.1 Å². The van der Waals surface area contributed by atoms with Gasteiger partial charge in [-0.15, -0.1) is 0 Å². The molecule has 2 rings (SSSR count). The van der Waals surface area contributed by atoms with Gasteiger partial charge in [-0.2, -0.15) is 35.4 Å². The molecular formula is C14H18Fe. The first-order valence-corrected chi connectivity index (χ1v) is 5.10. The largest absolute Gasteiger partial charge is 2.00 e. The Morgan fingerprint density at radius 3 is 1.93 bits per heavy atom. The molecule has 0 saturated carbocycles. The molecule has 2 aromatic carbocycles. The van der Waals surface area contributed by atoms with E-state index in [9.17, 15) is 0 Å². The molecule has 0 atom stereocenters. The first-order valence-electron chi connectivity index (χ1n) is 5.10. The van der Waals surface area contributed by atoms with Crippen LogP contribution in [-0.4, -0.2) is 0 Å². The summed E-state index contributed by atoms with van der Waals surface area (Å²) >= 11 is 0. The minimum absolute atomic E-state index is 0. The van der Waals surface area contributed by atoms with Crippen molar-refractivity contribution >= 4 is 0 Å². The zero-order chi connectivity index (χ0) is 10.4. The molecule has 0 aliphatic heterocycles. The van der Waals surface area contributed by atoms with Crippen molar-refractivity contribution in [2.75, 3.05) is 0 Å². The van der Waals surface area contributed by atoms with E-state index in [0.29, 0.717) is 5.92 Å². The van der Waals surface area contributed by atoms with Crippen molar-refractivity contribution in [3.63, 3.8) is 0 Å². The number of aryl methyl sites for hydroxylation is 1. The smallest absolute Gasteiger partial charge is 0.214 e. The normalized spacial score (nSPS) is 9.07. The molecule has 0 amide bonds. The third-order valence-corrected chi connectivity index (χ3v) is 2.25. The van der Waals surface area contributed by atoms with Crippen LogP contribution in [0.25, 0.3) is 0 Å². The maximum Gasteiger partial charge on any atom is 2.00 e. The maximum atomic E-state index is 2.22. The van der Waals surface area contributed by atoms with Gasteiger partial charge in [0.25, 0.3) is 0 Å². The molecule has 15 heavy (non-hydrogen) atoms. The fourth-order valence-electron chi connectivity index (χ4n) is 1.49. The van der Waals surface area contributed by atoms with Gasteiger partial charge < -0.3 is 0 Å². The Bertz CT molecular complexity index is 311. The average molecular weight is 242 g/mol. The number of rotatable bonds is 1. The van der Waals surface area contributed by atoms with Crippen LogP contribution in [0.5, 0.6) is 0 Å². The van der Waals surface area contributed by atoms with E-state index < -0.39 is 0 Å². The van der Waals surface area contributed by atoms with Gasteiger partial charge in [-0.3, -0.25) is 0 Å². The van der Waals surface area contributed by atoms with Crippen molar-refractivity contribution in [3.8, 4) is 0 Å². The zero-order valence-electron chi connectivity index (χ0n) is 9.55. The summed E-state index contributed by atoms with van der Waals surface area (Å²) in [4.78, 5) is 0. The van der Waals surface area contributed by atoms with Crippen molar-refractivity contribution in [2.24, 2.45) is 0 Å². The minimum Gasteiger partial charge on any atom is -0.214 e. The van der Waals surface area contributed by atoms with Gasteiger partial charge >= 0.3 is 17.1 Å². The topological polar surface area (TPSA) is 0 Å². The van der Waals surface area contributed by atoms with Gasteiger partial charge in [0.05, 0.1) is 0 Å². The van der Waals surface area contributed by atoms with Gasteiger partial charge in [-0.25, -0.2) is 24.3 Å². The molecule has 0 N–H and O–H groups in total. The number of hydrogen-bond donors (Lipinski definition) is 0. The van der Waals surface area contributed by atoms with E-state index in [-0.39, 0.29) is 17.1 Å². The van der Waals surface area contributed by atoms with Crippen LogP contribution in [0.15, 0.2) is 48.5 Å². The summed E-state index contributed by atoms with van der Waals surface area (Å²) in [6.07, 6.45) is 0. The summed E-state index contributed by atoms with van der Waals surface area (Å²) in [5, 5.41) is 0. The van der Waals surface area contributed by atoms with E-state index in [4.69, 9.17) is 0 Å². The Balaban J connectivity index is 0.000000280. The summed E-state index contributed by atoms with van der Waals surface area (Å²) in [5.41, 5.74) is 2.90. The van der Waals surface area contributed by atoms with Gasteiger partial charge in [0.15, 0.2) is 0 Å². The van der Waals surface area contributed by atoms with Crippen molar-refractivity contribution in [2.45, 2.75) is 26.7 Å². The van der Waals surface area contributed by atoms with Crippen molar-refractivity contribution in [1.29, 1.82) is 0 Å². The molecule has 0 heterocycles. The molecule has 0 bridgehead atoms. The first kappa shape index (κ1) is 14.2. The van der Waals surface area contributed by atoms with Crippen LogP contribution in [0.2, 0.25) is 0 Å². The van der Waals surface area contributed by atoms with Gasteiger partial charge in [0.1, 0.15) is 0 Å². The zero-order valence-corrected chi connectivity index (χ0v) is 10.7. The van der Waals surface area contributed by atoms with Crippen LogP contribution in [0.4, 0.5) is 0 Å². The second-order valence-corrected chi connectivity index (χ2v) is 3.78. The van der Waals surface area contributed by atoms with Crippen LogP contribution >= 0.6 is 0 Å². The average Bonchev–Trinajstić information content (AvgIpc) is 2.74. The Kier molecular flexibility index (Phi) is 7.11. The van der Waals surface area contributed by atoms with E-state index in [0.717, 1.165) is 0 Å². The van der Waals surface area contributed by atoms with Crippen LogP contribution in [0.1, 0.15) is 30.9 Å². The second-order valence-electron chi connectivity index (χ2n) is 3.78. The van der Waals surface area contributed by atoms with E-state index >= 15 is 0 Å². The third-order valence-electron chi connectivity index (χ3n) is 2.25. The second kappa shape index (κ2) is 7.50. The van der Waals surface area contributed by atoms with Gasteiger partial charge in [0.2, 0.25) is 0 Å². The van der Waals surface area contributed by atoms with Crippen LogP contribution < -0.4 is 0 Å². The summed E-state index contributed by atoms with van der Waals surface area (Å²) in [6.45, 7) is 6.61. The van der Waals surface area contributed by atoms with Gasteiger partial charge in [-0.1, -0.05) is 20.8 Å². The molecule has 0 spiro atoms. The summed E-state index contributed by atoms with van der Waals surface area (Å²) in [6, 6.07) is 16.5. The van der Waals surface area contributed by atoms with Gasteiger partial charge in [0, 0.05) is 0 Å². The molecule has 0 saturated heterocycles. The molecule has 0 fully saturated rings. The van der Waals surface area contributed by atoms with Crippen molar-refractivity contribution in [3.05, 3.63) is 59.7 Å². The van der Waals surface area contributed by atoms with Crippen molar-refractivity contribution < 1.29 is 17.1 Å². The predicted molar refractivity (Wildman–Crippen MR) is 62.9 cm³/mol. The number of hydrogen-bond acceptors (Lipinski definition) is 0. The molecule has 1 heteroatoms. The molecule has 0 aliphatic rings. The van der Waals surface area contributed by atoms with Crippen molar-refractivity contribution in [1.82, 2.24) is 0 Å². The Morgan fingerprint density at radius 1 is 1.13 bits per heavy atom. The van der Waals surface area contributed by atoms with Crippen LogP contribution in [0.3, 0.4) is 0 Å².